The van der Waals surface area contributed by atoms with Gasteiger partial charge < -0.3 is 5.32 Å². The maximum Gasteiger partial charge on any atom is 0.0577 e. The second-order valence-corrected chi connectivity index (χ2v) is 4.99. The van der Waals surface area contributed by atoms with Crippen molar-refractivity contribution in [1.82, 2.24) is 5.32 Å². The van der Waals surface area contributed by atoms with Gasteiger partial charge in [-0.05, 0) is 36.1 Å². The van der Waals surface area contributed by atoms with E-state index in [4.69, 9.17) is 0 Å². The third-order valence-electron chi connectivity index (χ3n) is 2.85. The monoisotopic (exact) mass is 229 g/mol. The highest BCUT2D eigenvalue weighted by Gasteiger charge is 2.07. The molecule has 17 heavy (non-hydrogen) atoms. The Morgan fingerprint density at radius 2 is 1.82 bits per heavy atom. The van der Waals surface area contributed by atoms with Crippen LogP contribution in [-0.4, -0.2) is 13.6 Å². The molecule has 1 aromatic carbocycles. The van der Waals surface area contributed by atoms with Crippen LogP contribution in [0.4, 0.5) is 0 Å². The number of hydrogen-bond donors (Lipinski definition) is 1. The predicted molar refractivity (Wildman–Crippen MR) is 75.4 cm³/mol. The van der Waals surface area contributed by atoms with Crippen LogP contribution in [0.3, 0.4) is 0 Å². The molecule has 0 bridgehead atoms. The predicted octanol–water partition coefficient (Wildman–Crippen LogP) is 3.50. The summed E-state index contributed by atoms with van der Waals surface area (Å²) < 4.78 is 0. The van der Waals surface area contributed by atoms with Crippen molar-refractivity contribution < 1.29 is 0 Å². The van der Waals surface area contributed by atoms with Crippen LogP contribution >= 0.6 is 0 Å². The van der Waals surface area contributed by atoms with Crippen molar-refractivity contribution in [3.05, 3.63) is 34.9 Å². The van der Waals surface area contributed by atoms with Gasteiger partial charge in [-0.3, -0.25) is 0 Å². The van der Waals surface area contributed by atoms with Gasteiger partial charge in [0.05, 0.1) is 6.54 Å². The minimum Gasteiger partial charge on any atom is -0.309 e. The summed E-state index contributed by atoms with van der Waals surface area (Å²) in [6, 6.07) is 6.66. The molecule has 0 aromatic heterocycles. The molecule has 0 spiro atoms. The van der Waals surface area contributed by atoms with E-state index < -0.39 is 0 Å². The van der Waals surface area contributed by atoms with Crippen LogP contribution in [0.5, 0.6) is 0 Å². The quantitative estimate of drug-likeness (QED) is 0.782. The Morgan fingerprint density at radius 1 is 1.12 bits per heavy atom. The molecule has 1 N–H and O–H groups in total. The fourth-order valence-corrected chi connectivity index (χ4v) is 1.76. The van der Waals surface area contributed by atoms with Crippen LogP contribution in [0.1, 0.15) is 56.2 Å². The lowest BCUT2D eigenvalue weighted by Gasteiger charge is -2.13. The lowest BCUT2D eigenvalue weighted by molar-refractivity contribution is 0.831. The molecule has 0 amide bonds. The second-order valence-electron chi connectivity index (χ2n) is 4.99. The summed E-state index contributed by atoms with van der Waals surface area (Å²) in [5.74, 6) is 7.48. The molecule has 0 aliphatic heterocycles. The van der Waals surface area contributed by atoms with E-state index in [2.05, 4.69) is 63.1 Å². The molecule has 0 saturated carbocycles. The third kappa shape index (κ3) is 3.91. The molecule has 0 heterocycles. The number of rotatable bonds is 3. The SMILES string of the molecule is CNCC#Cc1ccc(C(C)C)cc1C(C)C. The summed E-state index contributed by atoms with van der Waals surface area (Å²) in [7, 11) is 1.92. The minimum absolute atomic E-state index is 0.521. The highest BCUT2D eigenvalue weighted by molar-refractivity contribution is 5.45. The molecule has 0 aliphatic rings. The summed E-state index contributed by atoms with van der Waals surface area (Å²) in [6.45, 7) is 9.65. The van der Waals surface area contributed by atoms with E-state index in [0.29, 0.717) is 11.8 Å². The normalized spacial score (nSPS) is 10.5. The third-order valence-corrected chi connectivity index (χ3v) is 2.85. The summed E-state index contributed by atoms with van der Waals surface area (Å²) in [6.07, 6.45) is 0. The lowest BCUT2D eigenvalue weighted by atomic mass is 9.92. The molecule has 0 aliphatic carbocycles. The first-order chi connectivity index (χ1) is 8.06. The Morgan fingerprint density at radius 3 is 2.35 bits per heavy atom. The van der Waals surface area contributed by atoms with Gasteiger partial charge in [0.1, 0.15) is 0 Å². The van der Waals surface area contributed by atoms with Crippen molar-refractivity contribution in [3.8, 4) is 11.8 Å². The highest BCUT2D eigenvalue weighted by Crippen LogP contribution is 2.24. The first-order valence-electron chi connectivity index (χ1n) is 6.33. The van der Waals surface area contributed by atoms with E-state index >= 15 is 0 Å². The average Bonchev–Trinajstić information content (AvgIpc) is 2.29. The molecule has 1 heteroatoms. The zero-order chi connectivity index (χ0) is 12.8. The lowest BCUT2D eigenvalue weighted by Crippen LogP contribution is -2.04. The molecule has 1 nitrogen and oxygen atoms in total. The van der Waals surface area contributed by atoms with E-state index in [9.17, 15) is 0 Å². The van der Waals surface area contributed by atoms with Crippen molar-refractivity contribution in [2.24, 2.45) is 0 Å². The molecular formula is C16H23N. The highest BCUT2D eigenvalue weighted by atomic mass is 14.8. The average molecular weight is 229 g/mol. The molecule has 0 fully saturated rings. The van der Waals surface area contributed by atoms with E-state index in [-0.39, 0.29) is 0 Å². The Hall–Kier alpha value is -1.26. The van der Waals surface area contributed by atoms with Gasteiger partial charge in [-0.25, -0.2) is 0 Å². The van der Waals surface area contributed by atoms with E-state index in [0.717, 1.165) is 6.54 Å². The second kappa shape index (κ2) is 6.47. The van der Waals surface area contributed by atoms with Gasteiger partial charge in [-0.1, -0.05) is 51.7 Å². The van der Waals surface area contributed by atoms with Crippen molar-refractivity contribution >= 4 is 0 Å². The van der Waals surface area contributed by atoms with Gasteiger partial charge >= 0.3 is 0 Å². The van der Waals surface area contributed by atoms with Crippen molar-refractivity contribution in [2.75, 3.05) is 13.6 Å². The number of hydrogen-bond acceptors (Lipinski definition) is 1. The molecule has 1 rings (SSSR count). The van der Waals surface area contributed by atoms with Gasteiger partial charge in [0.15, 0.2) is 0 Å². The van der Waals surface area contributed by atoms with E-state index in [1.165, 1.54) is 16.7 Å². The van der Waals surface area contributed by atoms with Gasteiger partial charge in [0.25, 0.3) is 0 Å². The standard InChI is InChI=1S/C16H23N/c1-12(2)15-9-8-14(7-6-10-17-5)16(11-15)13(3)4/h8-9,11-13,17H,10H2,1-5H3. The Labute approximate surface area is 106 Å². The van der Waals surface area contributed by atoms with Crippen LogP contribution < -0.4 is 5.32 Å². The van der Waals surface area contributed by atoms with Crippen LogP contribution in [0.15, 0.2) is 18.2 Å². The summed E-state index contributed by atoms with van der Waals surface area (Å²) in [4.78, 5) is 0. The Bertz CT molecular complexity index is 419. The molecule has 0 atom stereocenters. The Kier molecular flexibility index (Phi) is 5.25. The van der Waals surface area contributed by atoms with Gasteiger partial charge in [0.2, 0.25) is 0 Å². The zero-order valence-corrected chi connectivity index (χ0v) is 11.6. The van der Waals surface area contributed by atoms with Crippen LogP contribution in [0.25, 0.3) is 0 Å². The first kappa shape index (κ1) is 13.8. The first-order valence-corrected chi connectivity index (χ1v) is 6.33. The number of nitrogens with one attached hydrogen (secondary N) is 1. The van der Waals surface area contributed by atoms with Crippen molar-refractivity contribution in [2.45, 2.75) is 39.5 Å². The van der Waals surface area contributed by atoms with E-state index in [1.807, 2.05) is 7.05 Å². The zero-order valence-electron chi connectivity index (χ0n) is 11.6. The fourth-order valence-electron chi connectivity index (χ4n) is 1.76. The van der Waals surface area contributed by atoms with Crippen LogP contribution in [-0.2, 0) is 0 Å². The number of benzene rings is 1. The molecule has 0 saturated heterocycles. The smallest absolute Gasteiger partial charge is 0.0577 e. The van der Waals surface area contributed by atoms with Crippen LogP contribution in [0.2, 0.25) is 0 Å². The molecule has 92 valence electrons. The fraction of sp³-hybridized carbons (Fsp3) is 0.500. The van der Waals surface area contributed by atoms with Gasteiger partial charge in [-0.15, -0.1) is 0 Å². The van der Waals surface area contributed by atoms with Crippen molar-refractivity contribution in [3.63, 3.8) is 0 Å². The molecule has 0 unspecified atom stereocenters. The Balaban J connectivity index is 3.10. The molecular weight excluding hydrogens is 206 g/mol. The molecule has 0 radical (unpaired) electrons. The summed E-state index contributed by atoms with van der Waals surface area (Å²) >= 11 is 0. The minimum atomic E-state index is 0.521. The topological polar surface area (TPSA) is 12.0 Å². The molecule has 1 aromatic rings. The summed E-state index contributed by atoms with van der Waals surface area (Å²) in [5, 5.41) is 3.04. The van der Waals surface area contributed by atoms with Crippen molar-refractivity contribution in [1.29, 1.82) is 0 Å². The maximum absolute atomic E-state index is 3.25. The summed E-state index contributed by atoms with van der Waals surface area (Å²) in [5.41, 5.74) is 3.92. The van der Waals surface area contributed by atoms with E-state index in [1.54, 1.807) is 0 Å². The maximum atomic E-state index is 3.25. The largest absolute Gasteiger partial charge is 0.309 e. The van der Waals surface area contributed by atoms with Crippen LogP contribution in [0, 0.1) is 11.8 Å². The van der Waals surface area contributed by atoms with Gasteiger partial charge in [0, 0.05) is 5.56 Å². The van der Waals surface area contributed by atoms with Gasteiger partial charge in [-0.2, -0.15) is 0 Å².